The fourth-order valence-electron chi connectivity index (χ4n) is 1.44. The van der Waals surface area contributed by atoms with Crippen LogP contribution in [0.25, 0.3) is 0 Å². The van der Waals surface area contributed by atoms with Crippen LogP contribution in [0.3, 0.4) is 0 Å². The van der Waals surface area contributed by atoms with Crippen molar-refractivity contribution in [2.75, 3.05) is 21.2 Å². The van der Waals surface area contributed by atoms with Crippen LogP contribution in [0.5, 0.6) is 5.75 Å². The van der Waals surface area contributed by atoms with E-state index in [0.717, 1.165) is 0 Å². The Hall–Kier alpha value is -2.44. The molecule has 0 radical (unpaired) electrons. The fraction of sp³-hybridized carbons (Fsp3) is 0.333. The average molecular weight is 265 g/mol. The minimum atomic E-state index is -0.593. The van der Waals surface area contributed by atoms with Crippen LogP contribution in [0.1, 0.15) is 15.9 Å². The van der Waals surface area contributed by atoms with Gasteiger partial charge in [0.25, 0.3) is 5.91 Å². The number of methoxy groups -OCH3 is 1. The molecule has 7 nitrogen and oxygen atoms in total. The van der Waals surface area contributed by atoms with E-state index in [9.17, 15) is 14.9 Å². The lowest BCUT2D eigenvalue weighted by Gasteiger charge is -2.07. The Morgan fingerprint density at radius 3 is 2.58 bits per heavy atom. The number of ether oxygens (including phenoxy) is 1. The van der Waals surface area contributed by atoms with Crippen molar-refractivity contribution in [1.29, 1.82) is 0 Å². The molecule has 1 amide bonds. The van der Waals surface area contributed by atoms with Gasteiger partial charge in [0.2, 0.25) is 0 Å². The van der Waals surface area contributed by atoms with Crippen LogP contribution in [-0.4, -0.2) is 43.3 Å². The first-order chi connectivity index (χ1) is 8.86. The molecular formula is C12H15N3O4. The van der Waals surface area contributed by atoms with Gasteiger partial charge in [0.05, 0.1) is 23.9 Å². The Morgan fingerprint density at radius 1 is 1.47 bits per heavy atom. The lowest BCUT2D eigenvalue weighted by Crippen LogP contribution is -2.10. The molecule has 0 fully saturated rings. The van der Waals surface area contributed by atoms with Crippen LogP contribution in [0.2, 0.25) is 0 Å². The predicted molar refractivity (Wildman–Crippen MR) is 70.9 cm³/mol. The zero-order chi connectivity index (χ0) is 14.6. The number of rotatable bonds is 4. The highest BCUT2D eigenvalue weighted by Gasteiger charge is 2.20. The molecule has 0 atom stereocenters. The standard InChI is InChI=1S/C12H15N3O4/c1-8-5-11(19-4)10(15(17)18)6-9(8)12(16)13-7-14(2)3/h5-7H,1-4H3. The second-order valence-corrected chi connectivity index (χ2v) is 4.11. The molecule has 19 heavy (non-hydrogen) atoms. The Kier molecular flexibility index (Phi) is 4.57. The second kappa shape index (κ2) is 5.94. The predicted octanol–water partition coefficient (Wildman–Crippen LogP) is 1.64. The van der Waals surface area contributed by atoms with Crippen LogP contribution in [-0.2, 0) is 0 Å². The number of nitro benzene ring substituents is 1. The number of nitro groups is 1. The summed E-state index contributed by atoms with van der Waals surface area (Å²) in [5, 5.41) is 10.9. The monoisotopic (exact) mass is 265 g/mol. The highest BCUT2D eigenvalue weighted by molar-refractivity contribution is 6.00. The number of benzene rings is 1. The number of hydrogen-bond acceptors (Lipinski definition) is 4. The van der Waals surface area contributed by atoms with Gasteiger partial charge in [-0.15, -0.1) is 0 Å². The minimum absolute atomic E-state index is 0.121. The zero-order valence-electron chi connectivity index (χ0n) is 11.2. The minimum Gasteiger partial charge on any atom is -0.490 e. The van der Waals surface area contributed by atoms with Gasteiger partial charge in [-0.25, -0.2) is 0 Å². The van der Waals surface area contributed by atoms with Crippen LogP contribution in [0, 0.1) is 17.0 Å². The zero-order valence-corrected chi connectivity index (χ0v) is 11.2. The van der Waals surface area contributed by atoms with E-state index >= 15 is 0 Å². The molecule has 0 N–H and O–H groups in total. The van der Waals surface area contributed by atoms with Gasteiger partial charge in [-0.05, 0) is 18.6 Å². The van der Waals surface area contributed by atoms with E-state index in [1.54, 1.807) is 25.9 Å². The number of aliphatic imine (C=N–C) groups is 1. The molecule has 0 bridgehead atoms. The Bertz CT molecular complexity index is 538. The molecule has 0 heterocycles. The third-order valence-corrected chi connectivity index (χ3v) is 2.36. The summed E-state index contributed by atoms with van der Waals surface area (Å²) < 4.78 is 4.92. The van der Waals surface area contributed by atoms with Crippen LogP contribution < -0.4 is 4.74 Å². The topological polar surface area (TPSA) is 85.0 Å². The van der Waals surface area contributed by atoms with E-state index in [4.69, 9.17) is 4.74 Å². The average Bonchev–Trinajstić information content (AvgIpc) is 2.34. The summed E-state index contributed by atoms with van der Waals surface area (Å²) in [6.45, 7) is 1.67. The summed E-state index contributed by atoms with van der Waals surface area (Å²) in [4.78, 5) is 27.5. The van der Waals surface area contributed by atoms with Crippen molar-refractivity contribution in [2.24, 2.45) is 4.99 Å². The first-order valence-corrected chi connectivity index (χ1v) is 5.44. The summed E-state index contributed by atoms with van der Waals surface area (Å²) in [7, 11) is 4.79. The lowest BCUT2D eigenvalue weighted by atomic mass is 10.1. The van der Waals surface area contributed by atoms with Crippen molar-refractivity contribution >= 4 is 17.9 Å². The number of amides is 1. The number of nitrogens with zero attached hydrogens (tertiary/aromatic N) is 3. The molecule has 1 rings (SSSR count). The van der Waals surface area contributed by atoms with Gasteiger partial charge >= 0.3 is 5.69 Å². The molecule has 1 aromatic rings. The maximum absolute atomic E-state index is 11.9. The maximum atomic E-state index is 11.9. The number of carbonyl (C=O) groups is 1. The van der Waals surface area contributed by atoms with Gasteiger partial charge in [-0.3, -0.25) is 14.9 Å². The van der Waals surface area contributed by atoms with E-state index in [1.165, 1.54) is 25.6 Å². The molecule has 0 aliphatic rings. The second-order valence-electron chi connectivity index (χ2n) is 4.11. The smallest absolute Gasteiger partial charge is 0.311 e. The number of carbonyl (C=O) groups excluding carboxylic acids is 1. The van der Waals surface area contributed by atoms with E-state index < -0.39 is 10.8 Å². The molecule has 102 valence electrons. The highest BCUT2D eigenvalue weighted by atomic mass is 16.6. The highest BCUT2D eigenvalue weighted by Crippen LogP contribution is 2.30. The third-order valence-electron chi connectivity index (χ3n) is 2.36. The SMILES string of the molecule is COc1cc(C)c(C(=O)N=CN(C)C)cc1[N+](=O)[O-]. The summed E-state index contributed by atoms with van der Waals surface area (Å²) >= 11 is 0. The van der Waals surface area contributed by atoms with Crippen molar-refractivity contribution in [3.63, 3.8) is 0 Å². The molecular weight excluding hydrogens is 250 g/mol. The van der Waals surface area contributed by atoms with Gasteiger partial charge < -0.3 is 9.64 Å². The Morgan fingerprint density at radius 2 is 2.11 bits per heavy atom. The van der Waals surface area contributed by atoms with Gasteiger partial charge in [-0.1, -0.05) is 0 Å². The van der Waals surface area contributed by atoms with Crippen molar-refractivity contribution in [3.8, 4) is 5.75 Å². The number of hydrogen-bond donors (Lipinski definition) is 0. The van der Waals surface area contributed by atoms with E-state index in [-0.39, 0.29) is 17.0 Å². The summed E-state index contributed by atoms with van der Waals surface area (Å²) in [6.07, 6.45) is 1.35. The fourth-order valence-corrected chi connectivity index (χ4v) is 1.44. The van der Waals surface area contributed by atoms with Crippen LogP contribution >= 0.6 is 0 Å². The molecule has 7 heteroatoms. The van der Waals surface area contributed by atoms with Crippen molar-refractivity contribution in [2.45, 2.75) is 6.92 Å². The molecule has 0 aliphatic heterocycles. The lowest BCUT2D eigenvalue weighted by molar-refractivity contribution is -0.385. The first-order valence-electron chi connectivity index (χ1n) is 5.44. The first kappa shape index (κ1) is 14.6. The van der Waals surface area contributed by atoms with Crippen molar-refractivity contribution in [1.82, 2.24) is 4.90 Å². The normalized spacial score (nSPS) is 10.5. The summed E-state index contributed by atoms with van der Waals surface area (Å²) in [5.74, 6) is -0.410. The molecule has 0 aliphatic carbocycles. The third kappa shape index (κ3) is 3.51. The van der Waals surface area contributed by atoms with Gasteiger partial charge in [0.1, 0.15) is 0 Å². The van der Waals surface area contributed by atoms with Gasteiger partial charge in [0, 0.05) is 20.2 Å². The summed E-state index contributed by atoms with van der Waals surface area (Å²) in [5.41, 5.74) is 0.505. The van der Waals surface area contributed by atoms with E-state index in [2.05, 4.69) is 4.99 Å². The van der Waals surface area contributed by atoms with Crippen LogP contribution in [0.15, 0.2) is 17.1 Å². The molecule has 0 saturated carbocycles. The van der Waals surface area contributed by atoms with Crippen molar-refractivity contribution in [3.05, 3.63) is 33.4 Å². The van der Waals surface area contributed by atoms with E-state index in [1.807, 2.05) is 0 Å². The van der Waals surface area contributed by atoms with Gasteiger partial charge in [0.15, 0.2) is 5.75 Å². The number of aryl methyl sites for hydroxylation is 1. The van der Waals surface area contributed by atoms with Crippen molar-refractivity contribution < 1.29 is 14.5 Å². The van der Waals surface area contributed by atoms with Gasteiger partial charge in [-0.2, -0.15) is 4.99 Å². The Labute approximate surface area is 110 Å². The molecule has 0 spiro atoms. The molecule has 1 aromatic carbocycles. The molecule has 0 unspecified atom stereocenters. The molecule has 0 aromatic heterocycles. The van der Waals surface area contributed by atoms with Crippen LogP contribution in [0.4, 0.5) is 5.69 Å². The summed E-state index contributed by atoms with van der Waals surface area (Å²) in [6, 6.07) is 2.64. The van der Waals surface area contributed by atoms with E-state index in [0.29, 0.717) is 5.56 Å². The molecule has 0 saturated heterocycles. The maximum Gasteiger partial charge on any atom is 0.311 e. The largest absolute Gasteiger partial charge is 0.490 e. The Balaban J connectivity index is 3.25. The quantitative estimate of drug-likeness (QED) is 0.357.